The molecule has 1 unspecified atom stereocenters. The van der Waals surface area contributed by atoms with Gasteiger partial charge in [0.05, 0.1) is 0 Å². The zero-order valence-electron chi connectivity index (χ0n) is 13.8. The Balaban J connectivity index is 2.32. The predicted molar refractivity (Wildman–Crippen MR) is 85.7 cm³/mol. The van der Waals surface area contributed by atoms with Crippen LogP contribution in [0.4, 0.5) is 0 Å². The molecule has 1 rings (SSSR count). The van der Waals surface area contributed by atoms with Crippen molar-refractivity contribution in [2.24, 2.45) is 5.92 Å². The van der Waals surface area contributed by atoms with Gasteiger partial charge < -0.3 is 10.2 Å². The molecule has 1 aliphatic rings. The van der Waals surface area contributed by atoms with Crippen molar-refractivity contribution in [1.29, 1.82) is 0 Å². The zero-order valence-corrected chi connectivity index (χ0v) is 13.8. The first kappa shape index (κ1) is 17.0. The van der Waals surface area contributed by atoms with Gasteiger partial charge in [-0.25, -0.2) is 0 Å². The van der Waals surface area contributed by atoms with E-state index in [4.69, 9.17) is 0 Å². The molecule has 0 radical (unpaired) electrons. The van der Waals surface area contributed by atoms with E-state index in [1.807, 2.05) is 0 Å². The number of rotatable bonds is 9. The smallest absolute Gasteiger partial charge is 0.0194 e. The minimum Gasteiger partial charge on any atom is -0.313 e. The quantitative estimate of drug-likeness (QED) is 0.678. The first-order valence-electron chi connectivity index (χ1n) is 8.64. The molecule has 2 heteroatoms. The summed E-state index contributed by atoms with van der Waals surface area (Å²) in [6.45, 7) is 9.30. The van der Waals surface area contributed by atoms with Crippen LogP contribution in [0.2, 0.25) is 0 Å². The normalized spacial score (nSPS) is 25.7. The molecule has 0 aromatic rings. The van der Waals surface area contributed by atoms with Crippen LogP contribution in [0.15, 0.2) is 0 Å². The van der Waals surface area contributed by atoms with Crippen molar-refractivity contribution < 1.29 is 0 Å². The van der Waals surface area contributed by atoms with Gasteiger partial charge in [-0.1, -0.05) is 33.6 Å². The van der Waals surface area contributed by atoms with E-state index in [0.717, 1.165) is 12.0 Å². The molecule has 0 heterocycles. The van der Waals surface area contributed by atoms with Crippen LogP contribution in [0.5, 0.6) is 0 Å². The van der Waals surface area contributed by atoms with Crippen molar-refractivity contribution in [2.75, 3.05) is 20.1 Å². The molecule has 2 nitrogen and oxygen atoms in total. The summed E-state index contributed by atoms with van der Waals surface area (Å²) in [6, 6.07) is 1.53. The molecule has 0 aliphatic heterocycles. The highest BCUT2D eigenvalue weighted by Crippen LogP contribution is 2.29. The average Bonchev–Trinajstić information content (AvgIpc) is 2.45. The van der Waals surface area contributed by atoms with Crippen LogP contribution in [0, 0.1) is 5.92 Å². The Kier molecular flexibility index (Phi) is 8.72. The van der Waals surface area contributed by atoms with E-state index in [1.165, 1.54) is 64.5 Å². The zero-order chi connectivity index (χ0) is 14.1. The van der Waals surface area contributed by atoms with Gasteiger partial charge in [-0.2, -0.15) is 0 Å². The Labute approximate surface area is 121 Å². The van der Waals surface area contributed by atoms with E-state index < -0.39 is 0 Å². The molecular formula is C17H36N2. The second-order valence-corrected chi connectivity index (χ2v) is 6.46. The third-order valence-electron chi connectivity index (χ3n) is 4.85. The molecule has 0 amide bonds. The third kappa shape index (κ3) is 6.27. The molecule has 0 saturated heterocycles. The fraction of sp³-hybridized carbons (Fsp3) is 1.00. The van der Waals surface area contributed by atoms with Gasteiger partial charge >= 0.3 is 0 Å². The van der Waals surface area contributed by atoms with Crippen molar-refractivity contribution in [3.63, 3.8) is 0 Å². The maximum atomic E-state index is 3.72. The van der Waals surface area contributed by atoms with Crippen LogP contribution in [-0.4, -0.2) is 37.1 Å². The topological polar surface area (TPSA) is 15.3 Å². The number of nitrogens with one attached hydrogen (secondary N) is 1. The Morgan fingerprint density at radius 1 is 1.05 bits per heavy atom. The Morgan fingerprint density at radius 2 is 1.74 bits per heavy atom. The average molecular weight is 268 g/mol. The summed E-state index contributed by atoms with van der Waals surface area (Å²) < 4.78 is 0. The molecule has 1 aliphatic carbocycles. The van der Waals surface area contributed by atoms with E-state index in [9.17, 15) is 0 Å². The van der Waals surface area contributed by atoms with E-state index in [2.05, 4.69) is 38.0 Å². The van der Waals surface area contributed by atoms with Crippen LogP contribution in [-0.2, 0) is 0 Å². The van der Waals surface area contributed by atoms with Crippen LogP contribution in [0.1, 0.15) is 72.1 Å². The first-order chi connectivity index (χ1) is 9.21. The van der Waals surface area contributed by atoms with Crippen molar-refractivity contribution in [3.05, 3.63) is 0 Å². The van der Waals surface area contributed by atoms with Crippen molar-refractivity contribution >= 4 is 0 Å². The summed E-state index contributed by atoms with van der Waals surface area (Å²) in [6.07, 6.45) is 11.0. The summed E-state index contributed by atoms with van der Waals surface area (Å²) >= 11 is 0. The molecule has 1 atom stereocenters. The van der Waals surface area contributed by atoms with E-state index in [-0.39, 0.29) is 0 Å². The fourth-order valence-corrected chi connectivity index (χ4v) is 3.45. The summed E-state index contributed by atoms with van der Waals surface area (Å²) in [5.41, 5.74) is 0. The summed E-state index contributed by atoms with van der Waals surface area (Å²) in [5, 5.41) is 3.72. The lowest BCUT2D eigenvalue weighted by Crippen LogP contribution is -2.44. The SMILES string of the molecule is CCCNC(CCC)CN(C)C1CCC(CC)CC1. The standard InChI is InChI=1S/C17H36N2/c1-5-8-16(18-13-6-2)14-19(4)17-11-9-15(7-3)10-12-17/h15-18H,5-14H2,1-4H3. The van der Waals surface area contributed by atoms with Gasteiger partial charge in [-0.3, -0.25) is 0 Å². The first-order valence-corrected chi connectivity index (χ1v) is 8.64. The summed E-state index contributed by atoms with van der Waals surface area (Å²) in [4.78, 5) is 2.63. The van der Waals surface area contributed by atoms with Gasteiger partial charge in [0, 0.05) is 18.6 Å². The molecule has 0 aromatic carbocycles. The highest BCUT2D eigenvalue weighted by molar-refractivity contribution is 4.80. The van der Waals surface area contributed by atoms with Gasteiger partial charge in [0.25, 0.3) is 0 Å². The Morgan fingerprint density at radius 3 is 2.26 bits per heavy atom. The van der Waals surface area contributed by atoms with Gasteiger partial charge in [-0.15, -0.1) is 0 Å². The largest absolute Gasteiger partial charge is 0.313 e. The van der Waals surface area contributed by atoms with E-state index in [0.29, 0.717) is 6.04 Å². The van der Waals surface area contributed by atoms with E-state index in [1.54, 1.807) is 0 Å². The molecule has 19 heavy (non-hydrogen) atoms. The maximum Gasteiger partial charge on any atom is 0.0194 e. The molecule has 1 saturated carbocycles. The van der Waals surface area contributed by atoms with Crippen LogP contribution in [0.3, 0.4) is 0 Å². The summed E-state index contributed by atoms with van der Waals surface area (Å²) in [7, 11) is 2.34. The second kappa shape index (κ2) is 9.77. The Bertz CT molecular complexity index is 209. The summed E-state index contributed by atoms with van der Waals surface area (Å²) in [5.74, 6) is 1.01. The highest BCUT2D eigenvalue weighted by Gasteiger charge is 2.24. The molecule has 1 fully saturated rings. The van der Waals surface area contributed by atoms with Crippen LogP contribution < -0.4 is 5.32 Å². The number of nitrogens with zero attached hydrogens (tertiary/aromatic N) is 1. The number of hydrogen-bond acceptors (Lipinski definition) is 2. The van der Waals surface area contributed by atoms with E-state index >= 15 is 0 Å². The number of likely N-dealkylation sites (N-methyl/N-ethyl adjacent to an activating group) is 1. The van der Waals surface area contributed by atoms with Crippen molar-refractivity contribution in [2.45, 2.75) is 84.2 Å². The molecule has 0 spiro atoms. The second-order valence-electron chi connectivity index (χ2n) is 6.46. The van der Waals surface area contributed by atoms with Gasteiger partial charge in [0.15, 0.2) is 0 Å². The minimum absolute atomic E-state index is 0.693. The van der Waals surface area contributed by atoms with Gasteiger partial charge in [-0.05, 0) is 58.0 Å². The monoisotopic (exact) mass is 268 g/mol. The molecular weight excluding hydrogens is 232 g/mol. The maximum absolute atomic E-state index is 3.72. The molecule has 1 N–H and O–H groups in total. The lowest BCUT2D eigenvalue weighted by Gasteiger charge is -2.36. The van der Waals surface area contributed by atoms with Crippen LogP contribution >= 0.6 is 0 Å². The van der Waals surface area contributed by atoms with Crippen molar-refractivity contribution in [3.8, 4) is 0 Å². The Hall–Kier alpha value is -0.0800. The third-order valence-corrected chi connectivity index (χ3v) is 4.85. The molecule has 114 valence electrons. The van der Waals surface area contributed by atoms with Crippen molar-refractivity contribution in [1.82, 2.24) is 10.2 Å². The predicted octanol–water partition coefficient (Wildman–Crippen LogP) is 4.06. The fourth-order valence-electron chi connectivity index (χ4n) is 3.45. The highest BCUT2D eigenvalue weighted by atomic mass is 15.2. The molecule has 0 bridgehead atoms. The minimum atomic E-state index is 0.693. The lowest BCUT2D eigenvalue weighted by molar-refractivity contribution is 0.148. The van der Waals surface area contributed by atoms with Gasteiger partial charge in [0.2, 0.25) is 0 Å². The molecule has 0 aromatic heterocycles. The van der Waals surface area contributed by atoms with Crippen LogP contribution in [0.25, 0.3) is 0 Å². The van der Waals surface area contributed by atoms with Gasteiger partial charge in [0.1, 0.15) is 0 Å². The number of hydrogen-bond donors (Lipinski definition) is 1. The lowest BCUT2D eigenvalue weighted by atomic mass is 9.84.